The van der Waals surface area contributed by atoms with Crippen LogP contribution in [-0.4, -0.2) is 4.57 Å². The van der Waals surface area contributed by atoms with Gasteiger partial charge in [0, 0.05) is 38.9 Å². The van der Waals surface area contributed by atoms with Gasteiger partial charge in [-0.15, -0.1) is 0 Å². The van der Waals surface area contributed by atoms with Crippen LogP contribution in [0.1, 0.15) is 36.1 Å². The molecule has 2 nitrogen and oxygen atoms in total. The molecule has 0 saturated carbocycles. The maximum absolute atomic E-state index is 2.47. The summed E-state index contributed by atoms with van der Waals surface area (Å²) in [7, 11) is 0. The van der Waals surface area contributed by atoms with Crippen LogP contribution in [0.3, 0.4) is 0 Å². The second-order valence-electron chi connectivity index (χ2n) is 14.6. The maximum atomic E-state index is 2.47. The standard InChI is InChI=1S/C51H38N2/c1-51(2)47-33-36(25-30-43(47)45-31-32-46-44-19-11-12-20-48(44)53(50(46)49(45)51)40-17-7-4-8-18-40)22-21-35-23-27-41(28-24-35)52(39-15-5-3-6-16-39)42-29-26-37-13-9-10-14-38(37)34-42/h3-34H,1-2H3. The molecule has 0 N–H and O–H groups in total. The average Bonchev–Trinajstić information content (AvgIpc) is 3.66. The van der Waals surface area contributed by atoms with Gasteiger partial charge < -0.3 is 9.47 Å². The molecule has 53 heavy (non-hydrogen) atoms. The van der Waals surface area contributed by atoms with Crippen molar-refractivity contribution in [3.8, 4) is 16.8 Å². The molecule has 0 aliphatic heterocycles. The van der Waals surface area contributed by atoms with E-state index in [4.69, 9.17) is 0 Å². The summed E-state index contributed by atoms with van der Waals surface area (Å²) in [6.45, 7) is 4.79. The number of aromatic nitrogens is 1. The second kappa shape index (κ2) is 12.3. The minimum Gasteiger partial charge on any atom is -0.310 e. The van der Waals surface area contributed by atoms with Crippen molar-refractivity contribution in [2.45, 2.75) is 19.3 Å². The minimum atomic E-state index is -0.180. The quantitative estimate of drug-likeness (QED) is 0.159. The Kier molecular flexibility index (Phi) is 7.19. The van der Waals surface area contributed by atoms with Gasteiger partial charge >= 0.3 is 0 Å². The van der Waals surface area contributed by atoms with Crippen LogP contribution in [0, 0.1) is 0 Å². The minimum absolute atomic E-state index is 0.180. The number of benzene rings is 8. The van der Waals surface area contributed by atoms with Gasteiger partial charge in [-0.25, -0.2) is 0 Å². The third-order valence-corrected chi connectivity index (χ3v) is 11.1. The molecule has 1 aliphatic rings. The number of hydrogen-bond donors (Lipinski definition) is 0. The second-order valence-corrected chi connectivity index (χ2v) is 14.6. The molecule has 0 fully saturated rings. The Labute approximate surface area is 310 Å². The molecule has 1 aromatic heterocycles. The van der Waals surface area contributed by atoms with E-state index in [-0.39, 0.29) is 5.41 Å². The van der Waals surface area contributed by atoms with Crippen LogP contribution in [0.4, 0.5) is 17.1 Å². The van der Waals surface area contributed by atoms with Gasteiger partial charge in [0.15, 0.2) is 0 Å². The fraction of sp³-hybridized carbons (Fsp3) is 0.0588. The highest BCUT2D eigenvalue weighted by atomic mass is 15.1. The number of para-hydroxylation sites is 3. The molecular weight excluding hydrogens is 641 g/mol. The Morgan fingerprint density at radius 3 is 1.91 bits per heavy atom. The summed E-state index contributed by atoms with van der Waals surface area (Å²) in [5.41, 5.74) is 14.8. The lowest BCUT2D eigenvalue weighted by Crippen LogP contribution is -2.16. The Hall–Kier alpha value is -6.64. The normalized spacial score (nSPS) is 13.2. The van der Waals surface area contributed by atoms with Crippen molar-refractivity contribution in [3.63, 3.8) is 0 Å². The third-order valence-electron chi connectivity index (χ3n) is 11.1. The van der Waals surface area contributed by atoms with Gasteiger partial charge in [-0.05, 0) is 98.8 Å². The van der Waals surface area contributed by atoms with Gasteiger partial charge in [-0.3, -0.25) is 0 Å². The molecule has 2 heteroatoms. The molecule has 0 saturated heterocycles. The van der Waals surface area contributed by atoms with Crippen LogP contribution in [-0.2, 0) is 5.41 Å². The monoisotopic (exact) mass is 678 g/mol. The van der Waals surface area contributed by atoms with E-state index >= 15 is 0 Å². The van der Waals surface area contributed by atoms with Gasteiger partial charge in [-0.1, -0.05) is 153 Å². The van der Waals surface area contributed by atoms with E-state index in [1.165, 1.54) is 66.1 Å². The number of anilines is 3. The van der Waals surface area contributed by atoms with Crippen molar-refractivity contribution in [3.05, 3.63) is 204 Å². The van der Waals surface area contributed by atoms with E-state index in [9.17, 15) is 0 Å². The summed E-state index contributed by atoms with van der Waals surface area (Å²) in [5, 5.41) is 5.07. The molecule has 8 aromatic carbocycles. The first kappa shape index (κ1) is 31.1. The highest BCUT2D eigenvalue weighted by molar-refractivity contribution is 6.13. The Morgan fingerprint density at radius 2 is 1.09 bits per heavy atom. The SMILES string of the molecule is CC1(C)c2cc(C=Cc3ccc(N(c4ccccc4)c4ccc5ccccc5c4)cc3)ccc2-c2ccc3c4ccccc4n(-c4ccccc4)c3c21. The van der Waals surface area contributed by atoms with Crippen LogP contribution in [0.2, 0.25) is 0 Å². The maximum Gasteiger partial charge on any atom is 0.0588 e. The highest BCUT2D eigenvalue weighted by Crippen LogP contribution is 2.53. The Balaban J connectivity index is 0.999. The van der Waals surface area contributed by atoms with E-state index < -0.39 is 0 Å². The molecular formula is C51H38N2. The van der Waals surface area contributed by atoms with Crippen molar-refractivity contribution < 1.29 is 0 Å². The van der Waals surface area contributed by atoms with Gasteiger partial charge in [0.25, 0.3) is 0 Å². The zero-order chi connectivity index (χ0) is 35.5. The molecule has 1 heterocycles. The summed E-state index contributed by atoms with van der Waals surface area (Å²) in [6.07, 6.45) is 4.48. The first-order valence-electron chi connectivity index (χ1n) is 18.4. The molecule has 9 aromatic rings. The lowest BCUT2D eigenvalue weighted by atomic mass is 9.81. The van der Waals surface area contributed by atoms with Crippen molar-refractivity contribution in [2.75, 3.05) is 4.90 Å². The molecule has 252 valence electrons. The molecule has 0 amide bonds. The predicted molar refractivity (Wildman–Crippen MR) is 226 cm³/mol. The fourth-order valence-corrected chi connectivity index (χ4v) is 8.58. The van der Waals surface area contributed by atoms with Crippen molar-refractivity contribution in [1.29, 1.82) is 0 Å². The summed E-state index contributed by atoms with van der Waals surface area (Å²) < 4.78 is 2.47. The molecule has 1 aliphatic carbocycles. The zero-order valence-electron chi connectivity index (χ0n) is 29.9. The lowest BCUT2D eigenvalue weighted by molar-refractivity contribution is 0.663. The average molecular weight is 679 g/mol. The van der Waals surface area contributed by atoms with Gasteiger partial charge in [0.1, 0.15) is 0 Å². The first-order valence-corrected chi connectivity index (χ1v) is 18.4. The van der Waals surface area contributed by atoms with E-state index in [0.29, 0.717) is 0 Å². The van der Waals surface area contributed by atoms with E-state index in [2.05, 4.69) is 217 Å². The number of fused-ring (bicyclic) bond motifs is 8. The largest absolute Gasteiger partial charge is 0.310 e. The lowest BCUT2D eigenvalue weighted by Gasteiger charge is -2.26. The van der Waals surface area contributed by atoms with Crippen LogP contribution in [0.5, 0.6) is 0 Å². The third kappa shape index (κ3) is 5.10. The Morgan fingerprint density at radius 1 is 0.472 bits per heavy atom. The zero-order valence-corrected chi connectivity index (χ0v) is 29.9. The molecule has 0 spiro atoms. The fourth-order valence-electron chi connectivity index (χ4n) is 8.58. The molecule has 10 rings (SSSR count). The van der Waals surface area contributed by atoms with Crippen LogP contribution >= 0.6 is 0 Å². The van der Waals surface area contributed by atoms with Crippen molar-refractivity contribution in [1.82, 2.24) is 4.57 Å². The topological polar surface area (TPSA) is 8.17 Å². The molecule has 0 radical (unpaired) electrons. The summed E-state index contributed by atoms with van der Waals surface area (Å²) in [6, 6.07) is 66.0. The van der Waals surface area contributed by atoms with E-state index in [1.807, 2.05) is 0 Å². The van der Waals surface area contributed by atoms with E-state index in [0.717, 1.165) is 22.6 Å². The summed E-state index contributed by atoms with van der Waals surface area (Å²) >= 11 is 0. The van der Waals surface area contributed by atoms with Gasteiger partial charge in [0.05, 0.1) is 11.0 Å². The molecule has 0 bridgehead atoms. The number of rotatable bonds is 6. The van der Waals surface area contributed by atoms with Crippen LogP contribution < -0.4 is 4.90 Å². The summed E-state index contributed by atoms with van der Waals surface area (Å²) in [4.78, 5) is 2.33. The molecule has 0 unspecified atom stereocenters. The first-order chi connectivity index (χ1) is 26.0. The number of hydrogen-bond acceptors (Lipinski definition) is 1. The molecule has 0 atom stereocenters. The van der Waals surface area contributed by atoms with Gasteiger partial charge in [0.2, 0.25) is 0 Å². The van der Waals surface area contributed by atoms with Crippen molar-refractivity contribution >= 4 is 61.8 Å². The van der Waals surface area contributed by atoms with Crippen molar-refractivity contribution in [2.24, 2.45) is 0 Å². The van der Waals surface area contributed by atoms with Crippen LogP contribution in [0.15, 0.2) is 182 Å². The summed E-state index contributed by atoms with van der Waals surface area (Å²) in [5.74, 6) is 0. The van der Waals surface area contributed by atoms with E-state index in [1.54, 1.807) is 0 Å². The smallest absolute Gasteiger partial charge is 0.0588 e. The Bertz CT molecular complexity index is 2840. The van der Waals surface area contributed by atoms with Crippen LogP contribution in [0.25, 0.3) is 61.5 Å². The number of nitrogens with zero attached hydrogens (tertiary/aromatic N) is 2. The predicted octanol–water partition coefficient (Wildman–Crippen LogP) is 13.9. The highest BCUT2D eigenvalue weighted by Gasteiger charge is 2.38. The van der Waals surface area contributed by atoms with Gasteiger partial charge in [-0.2, -0.15) is 0 Å².